The van der Waals surface area contributed by atoms with E-state index in [2.05, 4.69) is 0 Å². The molecule has 0 aromatic rings. The SMILES string of the molecule is O[Si](O)(O)O.[AlH3].[Fe].[H-].[H-].[Mg+2].[Zn]. The van der Waals surface area contributed by atoms with Crippen molar-refractivity contribution >= 4 is 49.5 Å². The molecular weight excluding hydrogens is 265 g/mol. The molecule has 0 rings (SSSR count). The van der Waals surface area contributed by atoms with E-state index in [1.165, 1.54) is 0 Å². The van der Waals surface area contributed by atoms with Crippen molar-refractivity contribution in [3.05, 3.63) is 0 Å². The predicted octanol–water partition coefficient (Wildman–Crippen LogP) is -3.95. The summed E-state index contributed by atoms with van der Waals surface area (Å²) in [5.74, 6) is 0. The van der Waals surface area contributed by atoms with Crippen LogP contribution in [0.25, 0.3) is 0 Å². The molecule has 0 atom stereocenters. The van der Waals surface area contributed by atoms with Crippen LogP contribution in [0.15, 0.2) is 0 Å². The zero-order valence-electron chi connectivity index (χ0n) is 6.06. The first kappa shape index (κ1) is 30.0. The Hall–Kier alpha value is 2.50. The van der Waals surface area contributed by atoms with E-state index >= 15 is 0 Å². The summed E-state index contributed by atoms with van der Waals surface area (Å²) in [7, 11) is -4.61. The first-order valence-electron chi connectivity index (χ1n) is 0.894. The van der Waals surface area contributed by atoms with Crippen LogP contribution in [0.3, 0.4) is 0 Å². The van der Waals surface area contributed by atoms with Crippen molar-refractivity contribution < 1.29 is 58.6 Å². The zero-order chi connectivity index (χ0) is 4.50. The van der Waals surface area contributed by atoms with Crippen molar-refractivity contribution in [1.82, 2.24) is 0 Å². The summed E-state index contributed by atoms with van der Waals surface area (Å²) in [6.07, 6.45) is 0. The molecule has 9 heteroatoms. The van der Waals surface area contributed by atoms with Gasteiger partial charge in [-0.3, -0.25) is 0 Å². The summed E-state index contributed by atoms with van der Waals surface area (Å²) in [5, 5.41) is 0. The van der Waals surface area contributed by atoms with Crippen LogP contribution >= 0.6 is 0 Å². The number of hydrogen-bond donors (Lipinski definition) is 4. The zero-order valence-corrected chi connectivity index (χ0v) is 10.5. The molecule has 0 heterocycles. The molecule has 0 amide bonds. The molecule has 52 valence electrons. The van der Waals surface area contributed by atoms with Crippen molar-refractivity contribution in [2.24, 2.45) is 0 Å². The van der Waals surface area contributed by atoms with E-state index in [4.69, 9.17) is 19.2 Å². The van der Waals surface area contributed by atoms with E-state index in [1.54, 1.807) is 0 Å². The molecule has 0 aromatic heterocycles. The van der Waals surface area contributed by atoms with Crippen molar-refractivity contribution in [3.63, 3.8) is 0 Å². The minimum absolute atomic E-state index is 0. The van der Waals surface area contributed by atoms with E-state index in [-0.39, 0.29) is 79.8 Å². The fourth-order valence-electron chi connectivity index (χ4n) is 0. The third-order valence-corrected chi connectivity index (χ3v) is 0. The Balaban J connectivity index is -0.00000000533. The average Bonchev–Trinajstić information content (AvgIpc) is 0.722. The Kier molecular flexibility index (Phi) is 43.7. The van der Waals surface area contributed by atoms with Crippen LogP contribution < -0.4 is 0 Å². The van der Waals surface area contributed by atoms with Gasteiger partial charge in [0.25, 0.3) is 0 Å². The second-order valence-corrected chi connectivity index (χ2v) is 1.80. The van der Waals surface area contributed by atoms with Gasteiger partial charge >= 0.3 is 32.1 Å². The topological polar surface area (TPSA) is 80.9 Å². The molecular formula is H9AlFeMgO4SiZn. The molecule has 0 fully saturated rings. The van der Waals surface area contributed by atoms with E-state index in [9.17, 15) is 0 Å². The summed E-state index contributed by atoms with van der Waals surface area (Å²) in [6, 6.07) is 0. The average molecular weight is 274 g/mol. The molecule has 0 aromatic carbocycles. The number of hydrogen-bond acceptors (Lipinski definition) is 4. The Morgan fingerprint density at radius 2 is 1.00 bits per heavy atom. The van der Waals surface area contributed by atoms with Gasteiger partial charge in [0.2, 0.25) is 0 Å². The molecule has 0 aliphatic heterocycles. The molecule has 0 radical (unpaired) electrons. The van der Waals surface area contributed by atoms with Gasteiger partial charge in [-0.2, -0.15) is 0 Å². The molecule has 0 aliphatic rings. The Morgan fingerprint density at radius 3 is 1.00 bits per heavy atom. The molecule has 4 N–H and O–H groups in total. The van der Waals surface area contributed by atoms with Gasteiger partial charge in [-0.05, 0) is 0 Å². The molecule has 0 bridgehead atoms. The third kappa shape index (κ3) is 121. The van der Waals surface area contributed by atoms with Gasteiger partial charge in [-0.15, -0.1) is 0 Å². The molecule has 0 spiro atoms. The van der Waals surface area contributed by atoms with Crippen LogP contribution in [-0.2, 0) is 36.5 Å². The molecule has 0 saturated heterocycles. The summed E-state index contributed by atoms with van der Waals surface area (Å²) in [4.78, 5) is 29.3. The van der Waals surface area contributed by atoms with Gasteiger partial charge in [0.05, 0.1) is 0 Å². The minimum atomic E-state index is -4.61. The fourth-order valence-corrected chi connectivity index (χ4v) is 0. The van der Waals surface area contributed by atoms with Gasteiger partial charge in [-0.25, -0.2) is 0 Å². The van der Waals surface area contributed by atoms with Gasteiger partial charge in [-0.1, -0.05) is 0 Å². The smallest absolute Gasteiger partial charge is 1.00 e. The van der Waals surface area contributed by atoms with Crippen molar-refractivity contribution in [1.29, 1.82) is 0 Å². The quantitative estimate of drug-likeness (QED) is 0.340. The molecule has 9 heavy (non-hydrogen) atoms. The molecule has 0 saturated carbocycles. The van der Waals surface area contributed by atoms with Gasteiger partial charge in [0.1, 0.15) is 0 Å². The first-order valence-corrected chi connectivity index (χ1v) is 2.68. The Morgan fingerprint density at radius 1 is 1.00 bits per heavy atom. The van der Waals surface area contributed by atoms with Crippen molar-refractivity contribution in [2.75, 3.05) is 0 Å². The number of rotatable bonds is 0. The van der Waals surface area contributed by atoms with E-state index in [0.717, 1.165) is 0 Å². The summed E-state index contributed by atoms with van der Waals surface area (Å²) < 4.78 is 0. The van der Waals surface area contributed by atoms with Crippen LogP contribution in [0.2, 0.25) is 0 Å². The van der Waals surface area contributed by atoms with Crippen LogP contribution in [-0.4, -0.2) is 68.6 Å². The van der Waals surface area contributed by atoms with Gasteiger partial charge in [0.15, 0.2) is 17.4 Å². The molecule has 4 nitrogen and oxygen atoms in total. The Bertz CT molecular complexity index is 43.6. The fraction of sp³-hybridized carbons (Fsp3) is 0. The maximum atomic E-state index is 7.33. The molecule has 0 unspecified atom stereocenters. The standard InChI is InChI=1S/Al.Fe.Mg.H4O4Si.Zn.5H/c;;;1-5(2,3)4;;;;;;/h;;;1-4H;;;;;;/q;;+2;;;;;;2*-1. The largest absolute Gasteiger partial charge is 2.00 e. The maximum Gasteiger partial charge on any atom is 2.00 e. The second kappa shape index (κ2) is 13.1. The van der Waals surface area contributed by atoms with Gasteiger partial charge < -0.3 is 22.0 Å². The van der Waals surface area contributed by atoms with Crippen LogP contribution in [0.1, 0.15) is 2.85 Å². The normalized spacial score (nSPS) is 6.67. The van der Waals surface area contributed by atoms with Crippen molar-refractivity contribution in [2.45, 2.75) is 0 Å². The third-order valence-electron chi connectivity index (χ3n) is 0. The maximum absolute atomic E-state index is 7.33. The van der Waals surface area contributed by atoms with Crippen LogP contribution in [0, 0.1) is 0 Å². The van der Waals surface area contributed by atoms with Crippen LogP contribution in [0.5, 0.6) is 0 Å². The van der Waals surface area contributed by atoms with E-state index < -0.39 is 9.05 Å². The van der Waals surface area contributed by atoms with E-state index in [0.29, 0.717) is 0 Å². The molecule has 0 aliphatic carbocycles. The van der Waals surface area contributed by atoms with Crippen molar-refractivity contribution in [3.8, 4) is 0 Å². The van der Waals surface area contributed by atoms with Gasteiger partial charge in [0, 0.05) is 36.5 Å². The monoisotopic (exact) mass is 272 g/mol. The second-order valence-electron chi connectivity index (χ2n) is 0.600. The van der Waals surface area contributed by atoms with Crippen LogP contribution in [0.4, 0.5) is 0 Å². The predicted molar refractivity (Wildman–Crippen MR) is 32.5 cm³/mol. The summed E-state index contributed by atoms with van der Waals surface area (Å²) in [6.45, 7) is 0. The summed E-state index contributed by atoms with van der Waals surface area (Å²) >= 11 is 0. The minimum Gasteiger partial charge on any atom is -1.00 e. The van der Waals surface area contributed by atoms with E-state index in [1.807, 2.05) is 0 Å². The summed E-state index contributed by atoms with van der Waals surface area (Å²) in [5.41, 5.74) is 0. The first-order chi connectivity index (χ1) is 2.00. The Labute approximate surface area is 107 Å².